The number of hydrogen-bond acceptors (Lipinski definition) is 3. The Labute approximate surface area is 94.7 Å². The summed E-state index contributed by atoms with van der Waals surface area (Å²) in [4.78, 5) is 4.02. The summed E-state index contributed by atoms with van der Waals surface area (Å²) in [6.07, 6.45) is 3.49. The molecule has 0 aliphatic rings. The maximum absolute atomic E-state index is 5.57. The van der Waals surface area contributed by atoms with E-state index in [2.05, 4.69) is 4.98 Å². The van der Waals surface area contributed by atoms with Gasteiger partial charge >= 0.3 is 0 Å². The first-order chi connectivity index (χ1) is 7.90. The van der Waals surface area contributed by atoms with E-state index in [9.17, 15) is 0 Å². The summed E-state index contributed by atoms with van der Waals surface area (Å²) in [5.41, 5.74) is 7.71. The van der Waals surface area contributed by atoms with Crippen molar-refractivity contribution in [3.8, 4) is 0 Å². The smallest absolute Gasteiger partial charge is 0.124 e. The minimum absolute atomic E-state index is 0.481. The van der Waals surface area contributed by atoms with Gasteiger partial charge in [0.15, 0.2) is 0 Å². The van der Waals surface area contributed by atoms with E-state index in [1.54, 1.807) is 12.5 Å². The van der Waals surface area contributed by atoms with Gasteiger partial charge in [0.05, 0.1) is 18.6 Å². The van der Waals surface area contributed by atoms with Crippen LogP contribution in [-0.4, -0.2) is 9.55 Å². The molecule has 4 nitrogen and oxygen atoms in total. The van der Waals surface area contributed by atoms with Crippen LogP contribution in [0.25, 0.3) is 0 Å². The van der Waals surface area contributed by atoms with Crippen molar-refractivity contribution in [3.05, 3.63) is 54.1 Å². The minimum atomic E-state index is 0.481. The van der Waals surface area contributed by atoms with Crippen LogP contribution in [0.4, 0.5) is 0 Å². The van der Waals surface area contributed by atoms with Crippen molar-refractivity contribution in [2.24, 2.45) is 5.73 Å². The lowest BCUT2D eigenvalue weighted by Gasteiger charge is -2.07. The summed E-state index contributed by atoms with van der Waals surface area (Å²) in [6, 6.07) is 10.1. The molecule has 1 aromatic carbocycles. The van der Waals surface area contributed by atoms with E-state index in [0.29, 0.717) is 19.9 Å². The molecule has 16 heavy (non-hydrogen) atoms. The van der Waals surface area contributed by atoms with Crippen molar-refractivity contribution >= 4 is 0 Å². The lowest BCUT2D eigenvalue weighted by molar-refractivity contribution is 0.0623. The molecule has 0 radical (unpaired) electrons. The van der Waals surface area contributed by atoms with Gasteiger partial charge in [-0.15, -0.1) is 0 Å². The lowest BCUT2D eigenvalue weighted by Crippen LogP contribution is -2.08. The molecule has 0 saturated carbocycles. The fourth-order valence-corrected chi connectivity index (χ4v) is 1.47. The van der Waals surface area contributed by atoms with Crippen molar-refractivity contribution < 1.29 is 4.74 Å². The molecular formula is C12H15N3O. The molecule has 84 valence electrons. The Morgan fingerprint density at radius 3 is 2.81 bits per heavy atom. The number of rotatable bonds is 5. The van der Waals surface area contributed by atoms with Crippen LogP contribution >= 0.6 is 0 Å². The van der Waals surface area contributed by atoms with Crippen LogP contribution in [0.2, 0.25) is 0 Å². The number of hydrogen-bond donors (Lipinski definition) is 1. The van der Waals surface area contributed by atoms with Gasteiger partial charge in [0.25, 0.3) is 0 Å². The molecule has 4 heteroatoms. The number of ether oxygens (including phenoxy) is 1. The molecule has 0 atom stereocenters. The Kier molecular flexibility index (Phi) is 3.69. The van der Waals surface area contributed by atoms with Crippen molar-refractivity contribution in [2.75, 3.05) is 0 Å². The second-order valence-electron chi connectivity index (χ2n) is 3.52. The molecule has 0 spiro atoms. The van der Waals surface area contributed by atoms with Crippen molar-refractivity contribution in [3.63, 3.8) is 0 Å². The highest BCUT2D eigenvalue weighted by Gasteiger charge is 1.99. The van der Waals surface area contributed by atoms with Gasteiger partial charge in [-0.2, -0.15) is 0 Å². The highest BCUT2D eigenvalue weighted by atomic mass is 16.5. The van der Waals surface area contributed by atoms with Crippen LogP contribution in [0.3, 0.4) is 0 Å². The van der Waals surface area contributed by atoms with Gasteiger partial charge in [0.1, 0.15) is 6.73 Å². The highest BCUT2D eigenvalue weighted by Crippen LogP contribution is 2.03. The summed E-state index contributed by atoms with van der Waals surface area (Å²) < 4.78 is 7.48. The molecule has 0 bridgehead atoms. The van der Waals surface area contributed by atoms with E-state index >= 15 is 0 Å². The normalized spacial score (nSPS) is 10.6. The third-order valence-corrected chi connectivity index (χ3v) is 2.35. The van der Waals surface area contributed by atoms with Gasteiger partial charge < -0.3 is 15.0 Å². The number of nitrogens with two attached hydrogens (primary N) is 1. The van der Waals surface area contributed by atoms with E-state index in [-0.39, 0.29) is 0 Å². The van der Waals surface area contributed by atoms with Gasteiger partial charge in [-0.05, 0) is 5.56 Å². The number of nitrogens with zero attached hydrogens (tertiary/aromatic N) is 2. The number of benzene rings is 1. The first-order valence-electron chi connectivity index (χ1n) is 5.21. The summed E-state index contributed by atoms with van der Waals surface area (Å²) in [5, 5.41) is 0. The first-order valence-corrected chi connectivity index (χ1v) is 5.21. The number of imidazole rings is 1. The fraction of sp³-hybridized carbons (Fsp3) is 0.250. The molecule has 0 fully saturated rings. The van der Waals surface area contributed by atoms with E-state index in [4.69, 9.17) is 10.5 Å². The third-order valence-electron chi connectivity index (χ3n) is 2.35. The predicted octanol–water partition coefficient (Wildman–Crippen LogP) is 1.52. The van der Waals surface area contributed by atoms with Crippen LogP contribution in [0.15, 0.2) is 42.9 Å². The van der Waals surface area contributed by atoms with Gasteiger partial charge in [0.2, 0.25) is 0 Å². The average molecular weight is 217 g/mol. The zero-order chi connectivity index (χ0) is 11.2. The van der Waals surface area contributed by atoms with E-state index in [0.717, 1.165) is 11.3 Å². The second kappa shape index (κ2) is 5.44. The van der Waals surface area contributed by atoms with Crippen LogP contribution in [0.1, 0.15) is 11.3 Å². The predicted molar refractivity (Wildman–Crippen MR) is 61.3 cm³/mol. The van der Waals surface area contributed by atoms with Crippen molar-refractivity contribution in [1.29, 1.82) is 0 Å². The summed E-state index contributed by atoms with van der Waals surface area (Å²) in [6.45, 7) is 1.57. The molecule has 1 aromatic heterocycles. The average Bonchev–Trinajstić information content (AvgIpc) is 2.78. The Balaban J connectivity index is 1.85. The SMILES string of the molecule is NCc1cncn1COCc1ccccc1. The molecule has 2 rings (SSSR count). The third kappa shape index (κ3) is 2.68. The first kappa shape index (κ1) is 10.9. The van der Waals surface area contributed by atoms with E-state index in [1.165, 1.54) is 0 Å². The lowest BCUT2D eigenvalue weighted by atomic mass is 10.2. The highest BCUT2D eigenvalue weighted by molar-refractivity contribution is 5.13. The van der Waals surface area contributed by atoms with E-state index < -0.39 is 0 Å². The molecule has 1 heterocycles. The van der Waals surface area contributed by atoms with Crippen LogP contribution < -0.4 is 5.73 Å². The molecule has 2 N–H and O–H groups in total. The Morgan fingerprint density at radius 1 is 1.25 bits per heavy atom. The van der Waals surface area contributed by atoms with Crippen molar-refractivity contribution in [1.82, 2.24) is 9.55 Å². The maximum Gasteiger partial charge on any atom is 0.124 e. The quantitative estimate of drug-likeness (QED) is 0.826. The van der Waals surface area contributed by atoms with Crippen LogP contribution in [0, 0.1) is 0 Å². The second-order valence-corrected chi connectivity index (χ2v) is 3.52. The zero-order valence-corrected chi connectivity index (χ0v) is 9.04. The van der Waals surface area contributed by atoms with Gasteiger partial charge in [-0.1, -0.05) is 30.3 Å². The van der Waals surface area contributed by atoms with Crippen molar-refractivity contribution in [2.45, 2.75) is 19.9 Å². The molecule has 0 aliphatic heterocycles. The molecule has 0 unspecified atom stereocenters. The van der Waals surface area contributed by atoms with E-state index in [1.807, 2.05) is 34.9 Å². The minimum Gasteiger partial charge on any atom is -0.356 e. The standard InChI is InChI=1S/C12H15N3O/c13-6-12-7-14-9-15(12)10-16-8-11-4-2-1-3-5-11/h1-5,7,9H,6,8,10,13H2. The monoisotopic (exact) mass is 217 g/mol. The molecular weight excluding hydrogens is 202 g/mol. The maximum atomic E-state index is 5.57. The topological polar surface area (TPSA) is 53.1 Å². The Hall–Kier alpha value is -1.65. The molecule has 0 saturated heterocycles. The molecule has 0 aliphatic carbocycles. The van der Waals surface area contributed by atoms with Gasteiger partial charge in [0, 0.05) is 12.7 Å². The van der Waals surface area contributed by atoms with Gasteiger partial charge in [-0.3, -0.25) is 0 Å². The molecule has 2 aromatic rings. The van der Waals surface area contributed by atoms with Crippen LogP contribution in [-0.2, 0) is 24.6 Å². The Bertz CT molecular complexity index is 425. The Morgan fingerprint density at radius 2 is 2.06 bits per heavy atom. The number of aromatic nitrogens is 2. The fourth-order valence-electron chi connectivity index (χ4n) is 1.47. The van der Waals surface area contributed by atoms with Crippen LogP contribution in [0.5, 0.6) is 0 Å². The largest absolute Gasteiger partial charge is 0.356 e. The summed E-state index contributed by atoms with van der Waals surface area (Å²) in [7, 11) is 0. The zero-order valence-electron chi connectivity index (χ0n) is 9.04. The van der Waals surface area contributed by atoms with Gasteiger partial charge in [-0.25, -0.2) is 4.98 Å². The summed E-state index contributed by atoms with van der Waals surface area (Å²) in [5.74, 6) is 0. The summed E-state index contributed by atoms with van der Waals surface area (Å²) >= 11 is 0. The molecule has 0 amide bonds.